The number of ether oxygens (including phenoxy) is 2. The number of hydrogen-bond donors (Lipinski definition) is 1. The zero-order valence-corrected chi connectivity index (χ0v) is 11.8. The van der Waals surface area contributed by atoms with E-state index in [-0.39, 0.29) is 5.60 Å². The fourth-order valence-electron chi connectivity index (χ4n) is 1.36. The Morgan fingerprint density at radius 2 is 2.00 bits per heavy atom. The Labute approximate surface area is 110 Å². The summed E-state index contributed by atoms with van der Waals surface area (Å²) >= 11 is 0. The molecule has 1 heterocycles. The Morgan fingerprint density at radius 1 is 1.22 bits per heavy atom. The highest BCUT2D eigenvalue weighted by Gasteiger charge is 2.09. The van der Waals surface area contributed by atoms with Crippen molar-refractivity contribution in [3.63, 3.8) is 0 Å². The van der Waals surface area contributed by atoms with Gasteiger partial charge in [-0.25, -0.2) is 0 Å². The summed E-state index contributed by atoms with van der Waals surface area (Å²) in [5, 5.41) is 3.23. The second-order valence-corrected chi connectivity index (χ2v) is 5.07. The topological polar surface area (TPSA) is 43.4 Å². The third-order valence-corrected chi connectivity index (χ3v) is 2.24. The maximum atomic E-state index is 5.57. The number of nitrogens with zero attached hydrogens (tertiary/aromatic N) is 1. The Kier molecular flexibility index (Phi) is 6.09. The highest BCUT2D eigenvalue weighted by atomic mass is 16.5. The molecular formula is C14H24N2O2. The third-order valence-electron chi connectivity index (χ3n) is 2.24. The lowest BCUT2D eigenvalue weighted by atomic mass is 10.2. The molecule has 4 nitrogen and oxygen atoms in total. The van der Waals surface area contributed by atoms with Gasteiger partial charge >= 0.3 is 0 Å². The molecule has 0 aliphatic carbocycles. The molecule has 0 saturated heterocycles. The summed E-state index contributed by atoms with van der Waals surface area (Å²) < 4.78 is 11.1. The Bertz CT molecular complexity index is 331. The van der Waals surface area contributed by atoms with E-state index >= 15 is 0 Å². The monoisotopic (exact) mass is 252 g/mol. The van der Waals surface area contributed by atoms with E-state index in [0.717, 1.165) is 24.5 Å². The molecule has 4 heteroatoms. The average Bonchev–Trinajstić information content (AvgIpc) is 2.32. The summed E-state index contributed by atoms with van der Waals surface area (Å²) in [4.78, 5) is 4.32. The number of rotatable bonds is 7. The molecule has 18 heavy (non-hydrogen) atoms. The summed E-state index contributed by atoms with van der Waals surface area (Å²) in [6.45, 7) is 11.0. The molecule has 0 fully saturated rings. The van der Waals surface area contributed by atoms with Crippen LogP contribution in [0.2, 0.25) is 0 Å². The van der Waals surface area contributed by atoms with Gasteiger partial charge in [0.15, 0.2) is 0 Å². The van der Waals surface area contributed by atoms with Gasteiger partial charge < -0.3 is 14.8 Å². The van der Waals surface area contributed by atoms with Crippen molar-refractivity contribution in [2.24, 2.45) is 0 Å². The first-order valence-corrected chi connectivity index (χ1v) is 6.43. The molecular weight excluding hydrogens is 228 g/mol. The zero-order chi connectivity index (χ0) is 13.4. The van der Waals surface area contributed by atoms with Crippen molar-refractivity contribution < 1.29 is 9.47 Å². The number of aromatic nitrogens is 1. The van der Waals surface area contributed by atoms with E-state index in [4.69, 9.17) is 9.47 Å². The largest absolute Gasteiger partial charge is 0.490 e. The maximum Gasteiger partial charge on any atom is 0.137 e. The first-order chi connectivity index (χ1) is 8.51. The second-order valence-electron chi connectivity index (χ2n) is 5.07. The molecule has 1 aromatic heterocycles. The highest BCUT2D eigenvalue weighted by molar-refractivity contribution is 5.19. The van der Waals surface area contributed by atoms with Gasteiger partial charge in [0.05, 0.1) is 24.1 Å². The number of hydrogen-bond acceptors (Lipinski definition) is 4. The van der Waals surface area contributed by atoms with Crippen molar-refractivity contribution >= 4 is 0 Å². The standard InChI is InChI=1S/C14H24N2O2/c1-5-15-10-12-6-7-13(11-16-12)17-8-9-18-14(2,3)4/h6-7,11,15H,5,8-10H2,1-4H3. The molecule has 0 aliphatic heterocycles. The Morgan fingerprint density at radius 3 is 2.56 bits per heavy atom. The molecule has 0 aromatic carbocycles. The number of pyridine rings is 1. The lowest BCUT2D eigenvalue weighted by molar-refractivity contribution is -0.0163. The molecule has 0 spiro atoms. The molecule has 0 radical (unpaired) electrons. The molecule has 0 atom stereocenters. The zero-order valence-electron chi connectivity index (χ0n) is 11.8. The molecule has 0 saturated carbocycles. The van der Waals surface area contributed by atoms with Gasteiger partial charge in [-0.05, 0) is 39.4 Å². The van der Waals surface area contributed by atoms with Gasteiger partial charge in [-0.1, -0.05) is 6.92 Å². The molecule has 0 amide bonds. The lowest BCUT2D eigenvalue weighted by Gasteiger charge is -2.19. The van der Waals surface area contributed by atoms with Crippen LogP contribution < -0.4 is 10.1 Å². The summed E-state index contributed by atoms with van der Waals surface area (Å²) in [6, 6.07) is 3.92. The van der Waals surface area contributed by atoms with Gasteiger partial charge in [0.1, 0.15) is 12.4 Å². The van der Waals surface area contributed by atoms with Crippen molar-refractivity contribution in [2.45, 2.75) is 39.8 Å². The molecule has 1 rings (SSSR count). The van der Waals surface area contributed by atoms with Crippen LogP contribution in [-0.2, 0) is 11.3 Å². The summed E-state index contributed by atoms with van der Waals surface area (Å²) in [7, 11) is 0. The molecule has 102 valence electrons. The number of nitrogens with one attached hydrogen (secondary N) is 1. The van der Waals surface area contributed by atoms with Crippen LogP contribution >= 0.6 is 0 Å². The van der Waals surface area contributed by atoms with E-state index in [2.05, 4.69) is 17.2 Å². The van der Waals surface area contributed by atoms with Crippen molar-refractivity contribution in [3.8, 4) is 5.75 Å². The van der Waals surface area contributed by atoms with Crippen LogP contribution in [0.25, 0.3) is 0 Å². The average molecular weight is 252 g/mol. The maximum absolute atomic E-state index is 5.57. The van der Waals surface area contributed by atoms with Crippen LogP contribution in [0, 0.1) is 0 Å². The van der Waals surface area contributed by atoms with Crippen molar-refractivity contribution in [1.29, 1.82) is 0 Å². The molecule has 0 aliphatic rings. The fraction of sp³-hybridized carbons (Fsp3) is 0.643. The van der Waals surface area contributed by atoms with Gasteiger partial charge in [0.2, 0.25) is 0 Å². The van der Waals surface area contributed by atoms with Gasteiger partial charge in [-0.2, -0.15) is 0 Å². The van der Waals surface area contributed by atoms with E-state index < -0.39 is 0 Å². The SMILES string of the molecule is CCNCc1ccc(OCCOC(C)(C)C)cn1. The van der Waals surface area contributed by atoms with Gasteiger partial charge in [-0.15, -0.1) is 0 Å². The quantitative estimate of drug-likeness (QED) is 0.757. The first kappa shape index (κ1) is 14.9. The normalized spacial score (nSPS) is 11.6. The predicted octanol–water partition coefficient (Wildman–Crippen LogP) is 2.39. The van der Waals surface area contributed by atoms with Crippen molar-refractivity contribution in [3.05, 3.63) is 24.0 Å². The summed E-state index contributed by atoms with van der Waals surface area (Å²) in [5.41, 5.74) is 0.909. The van der Waals surface area contributed by atoms with E-state index in [1.165, 1.54) is 0 Å². The first-order valence-electron chi connectivity index (χ1n) is 6.43. The van der Waals surface area contributed by atoms with Crippen LogP contribution in [-0.4, -0.2) is 30.3 Å². The van der Waals surface area contributed by atoms with Crippen LogP contribution in [0.4, 0.5) is 0 Å². The van der Waals surface area contributed by atoms with E-state index in [1.807, 2.05) is 32.9 Å². The fourth-order valence-corrected chi connectivity index (χ4v) is 1.36. The third kappa shape index (κ3) is 6.57. The predicted molar refractivity (Wildman–Crippen MR) is 72.8 cm³/mol. The van der Waals surface area contributed by atoms with Crippen LogP contribution in [0.15, 0.2) is 18.3 Å². The van der Waals surface area contributed by atoms with Crippen molar-refractivity contribution in [1.82, 2.24) is 10.3 Å². The minimum atomic E-state index is -0.114. The van der Waals surface area contributed by atoms with Crippen LogP contribution in [0.5, 0.6) is 5.75 Å². The molecule has 0 unspecified atom stereocenters. The summed E-state index contributed by atoms with van der Waals surface area (Å²) in [5.74, 6) is 0.785. The molecule has 1 aromatic rings. The van der Waals surface area contributed by atoms with E-state index in [0.29, 0.717) is 13.2 Å². The Hall–Kier alpha value is -1.13. The molecule has 1 N–H and O–H groups in total. The smallest absolute Gasteiger partial charge is 0.137 e. The minimum absolute atomic E-state index is 0.114. The van der Waals surface area contributed by atoms with Gasteiger partial charge in [0.25, 0.3) is 0 Å². The highest BCUT2D eigenvalue weighted by Crippen LogP contribution is 2.10. The van der Waals surface area contributed by atoms with E-state index in [1.54, 1.807) is 6.20 Å². The summed E-state index contributed by atoms with van der Waals surface area (Å²) in [6.07, 6.45) is 1.75. The lowest BCUT2D eigenvalue weighted by Crippen LogP contribution is -2.22. The molecule has 0 bridgehead atoms. The minimum Gasteiger partial charge on any atom is -0.490 e. The van der Waals surface area contributed by atoms with Gasteiger partial charge in [-0.3, -0.25) is 4.98 Å². The van der Waals surface area contributed by atoms with Crippen LogP contribution in [0.1, 0.15) is 33.4 Å². The van der Waals surface area contributed by atoms with Gasteiger partial charge in [0, 0.05) is 6.54 Å². The van der Waals surface area contributed by atoms with Crippen LogP contribution in [0.3, 0.4) is 0 Å². The van der Waals surface area contributed by atoms with E-state index in [9.17, 15) is 0 Å². The second kappa shape index (κ2) is 7.34. The van der Waals surface area contributed by atoms with Crippen molar-refractivity contribution in [2.75, 3.05) is 19.8 Å². The Balaban J connectivity index is 2.26.